The molecule has 120 valence electrons. The van der Waals surface area contributed by atoms with Crippen molar-refractivity contribution in [3.8, 4) is 0 Å². The van der Waals surface area contributed by atoms with Crippen LogP contribution in [0, 0.1) is 13.8 Å². The monoisotopic (exact) mass is 319 g/mol. The summed E-state index contributed by atoms with van der Waals surface area (Å²) in [5, 5.41) is 21.9. The minimum atomic E-state index is -3.73. The Morgan fingerprint density at radius 3 is 2.57 bits per heavy atom. The summed E-state index contributed by atoms with van der Waals surface area (Å²) >= 11 is 0. The summed E-state index contributed by atoms with van der Waals surface area (Å²) in [7, 11) is -3.73. The number of rotatable bonds is 8. The lowest BCUT2D eigenvalue weighted by Gasteiger charge is -2.08. The van der Waals surface area contributed by atoms with Crippen LogP contribution in [-0.2, 0) is 21.4 Å². The molecule has 0 aliphatic rings. The summed E-state index contributed by atoms with van der Waals surface area (Å²) in [6.07, 6.45) is -0.408. The molecule has 0 radical (unpaired) electrons. The number of aliphatic hydroxyl groups excluding tert-OH is 1. The number of hydrogen-bond donors (Lipinski definition) is 3. The molecule has 0 amide bonds. The SMILES string of the molecule is Cc1nn(CCC(=O)O)c(C)c1S(=O)(=O)NCCC(C)O. The molecule has 1 aromatic rings. The van der Waals surface area contributed by atoms with E-state index in [9.17, 15) is 13.2 Å². The van der Waals surface area contributed by atoms with Crippen molar-refractivity contribution in [1.29, 1.82) is 0 Å². The van der Waals surface area contributed by atoms with Crippen LogP contribution < -0.4 is 4.72 Å². The van der Waals surface area contributed by atoms with E-state index in [-0.39, 0.29) is 24.4 Å². The van der Waals surface area contributed by atoms with Gasteiger partial charge in [0.15, 0.2) is 0 Å². The van der Waals surface area contributed by atoms with Gasteiger partial charge >= 0.3 is 5.97 Å². The summed E-state index contributed by atoms with van der Waals surface area (Å²) in [5.74, 6) is -0.970. The van der Waals surface area contributed by atoms with E-state index in [1.165, 1.54) is 4.68 Å². The number of nitrogens with zero attached hydrogens (tertiary/aromatic N) is 2. The Morgan fingerprint density at radius 1 is 1.43 bits per heavy atom. The standard InChI is InChI=1S/C12H21N3O5S/c1-8(16)4-6-13-21(19,20)12-9(2)14-15(10(12)3)7-5-11(17)18/h8,13,16H,4-7H2,1-3H3,(H,17,18). The first-order valence-electron chi connectivity index (χ1n) is 6.58. The molecule has 1 atom stereocenters. The van der Waals surface area contributed by atoms with Crippen LogP contribution in [0.5, 0.6) is 0 Å². The maximum atomic E-state index is 12.2. The van der Waals surface area contributed by atoms with E-state index in [4.69, 9.17) is 10.2 Å². The Kier molecular flexibility index (Phi) is 5.87. The maximum Gasteiger partial charge on any atom is 0.305 e. The Morgan fingerprint density at radius 2 is 2.05 bits per heavy atom. The Bertz CT molecular complexity index is 607. The summed E-state index contributed by atoms with van der Waals surface area (Å²) < 4.78 is 28.3. The molecule has 1 unspecified atom stereocenters. The predicted molar refractivity (Wildman–Crippen MR) is 75.4 cm³/mol. The molecule has 0 spiro atoms. The lowest BCUT2D eigenvalue weighted by atomic mass is 10.3. The third-order valence-corrected chi connectivity index (χ3v) is 4.69. The summed E-state index contributed by atoms with van der Waals surface area (Å²) in [6, 6.07) is 0. The molecule has 0 aliphatic carbocycles. The number of carbonyl (C=O) groups is 1. The van der Waals surface area contributed by atoms with Gasteiger partial charge in [-0.05, 0) is 27.2 Å². The first kappa shape index (κ1) is 17.6. The second-order valence-corrected chi connectivity index (χ2v) is 6.61. The summed E-state index contributed by atoms with van der Waals surface area (Å²) in [4.78, 5) is 10.7. The number of carboxylic acids is 1. The van der Waals surface area contributed by atoms with Gasteiger partial charge in [0.1, 0.15) is 4.90 Å². The van der Waals surface area contributed by atoms with Crippen LogP contribution in [0.1, 0.15) is 31.2 Å². The molecule has 21 heavy (non-hydrogen) atoms. The predicted octanol–water partition coefficient (Wildman–Crippen LogP) is 0.0238. The van der Waals surface area contributed by atoms with E-state index in [2.05, 4.69) is 9.82 Å². The number of aliphatic hydroxyl groups is 1. The highest BCUT2D eigenvalue weighted by Crippen LogP contribution is 2.19. The molecular formula is C12H21N3O5S. The summed E-state index contributed by atoms with van der Waals surface area (Å²) in [6.45, 7) is 4.97. The maximum absolute atomic E-state index is 12.2. The molecule has 1 heterocycles. The zero-order valence-electron chi connectivity index (χ0n) is 12.3. The number of nitrogens with one attached hydrogen (secondary N) is 1. The van der Waals surface area contributed by atoms with E-state index in [1.807, 2.05) is 0 Å². The fourth-order valence-electron chi connectivity index (χ4n) is 1.96. The normalized spacial score (nSPS) is 13.3. The zero-order valence-corrected chi connectivity index (χ0v) is 13.1. The number of hydrogen-bond acceptors (Lipinski definition) is 5. The van der Waals surface area contributed by atoms with Crippen LogP contribution in [0.25, 0.3) is 0 Å². The number of aryl methyl sites for hydroxylation is 2. The van der Waals surface area contributed by atoms with Crippen molar-refractivity contribution < 1.29 is 23.4 Å². The molecule has 8 nitrogen and oxygen atoms in total. The molecule has 0 bridgehead atoms. The second-order valence-electron chi connectivity index (χ2n) is 4.90. The van der Waals surface area contributed by atoms with Crippen molar-refractivity contribution in [2.24, 2.45) is 0 Å². The summed E-state index contributed by atoms with van der Waals surface area (Å²) in [5.41, 5.74) is 0.723. The Balaban J connectivity index is 2.93. The lowest BCUT2D eigenvalue weighted by Crippen LogP contribution is -2.27. The quantitative estimate of drug-likeness (QED) is 0.621. The number of sulfonamides is 1. The van der Waals surface area contributed by atoms with Crippen molar-refractivity contribution in [2.75, 3.05) is 6.54 Å². The lowest BCUT2D eigenvalue weighted by molar-refractivity contribution is -0.137. The van der Waals surface area contributed by atoms with Crippen LogP contribution in [0.4, 0.5) is 0 Å². The molecule has 3 N–H and O–H groups in total. The third kappa shape index (κ3) is 4.80. The van der Waals surface area contributed by atoms with Gasteiger partial charge in [-0.3, -0.25) is 9.48 Å². The molecule has 1 rings (SSSR count). The second kappa shape index (κ2) is 7.01. The van der Waals surface area contributed by atoms with Gasteiger partial charge in [-0.2, -0.15) is 5.10 Å². The molecule has 0 saturated heterocycles. The fraction of sp³-hybridized carbons (Fsp3) is 0.667. The van der Waals surface area contributed by atoms with Gasteiger partial charge in [-0.15, -0.1) is 0 Å². The van der Waals surface area contributed by atoms with Crippen molar-refractivity contribution >= 4 is 16.0 Å². The van der Waals surface area contributed by atoms with Gasteiger partial charge in [0.2, 0.25) is 10.0 Å². The van der Waals surface area contributed by atoms with Crippen LogP contribution in [0.2, 0.25) is 0 Å². The van der Waals surface area contributed by atoms with E-state index in [0.29, 0.717) is 17.8 Å². The van der Waals surface area contributed by atoms with E-state index in [0.717, 1.165) is 0 Å². The van der Waals surface area contributed by atoms with Crippen molar-refractivity contribution in [3.05, 3.63) is 11.4 Å². The average Bonchev–Trinajstić information content (AvgIpc) is 2.61. The molecular weight excluding hydrogens is 298 g/mol. The minimum absolute atomic E-state index is 0.0680. The van der Waals surface area contributed by atoms with Crippen LogP contribution in [0.15, 0.2) is 4.90 Å². The van der Waals surface area contributed by atoms with E-state index in [1.54, 1.807) is 20.8 Å². The van der Waals surface area contributed by atoms with Crippen LogP contribution in [0.3, 0.4) is 0 Å². The first-order valence-corrected chi connectivity index (χ1v) is 8.07. The average molecular weight is 319 g/mol. The Hall–Kier alpha value is -1.45. The first-order chi connectivity index (χ1) is 9.65. The molecule has 0 aromatic carbocycles. The highest BCUT2D eigenvalue weighted by atomic mass is 32.2. The van der Waals surface area contributed by atoms with Gasteiger partial charge in [0.25, 0.3) is 0 Å². The zero-order chi connectivity index (χ0) is 16.2. The van der Waals surface area contributed by atoms with Crippen molar-refractivity contribution in [2.45, 2.75) is 51.2 Å². The Labute approximate surface area is 123 Å². The van der Waals surface area contributed by atoms with Gasteiger partial charge in [0, 0.05) is 6.54 Å². The van der Waals surface area contributed by atoms with Crippen molar-refractivity contribution in [3.63, 3.8) is 0 Å². The van der Waals surface area contributed by atoms with Crippen molar-refractivity contribution in [1.82, 2.24) is 14.5 Å². The topological polar surface area (TPSA) is 122 Å². The largest absolute Gasteiger partial charge is 0.481 e. The molecule has 9 heteroatoms. The number of aromatic nitrogens is 2. The van der Waals surface area contributed by atoms with E-state index < -0.39 is 22.1 Å². The fourth-order valence-corrected chi connectivity index (χ4v) is 3.42. The molecule has 0 saturated carbocycles. The molecule has 0 aliphatic heterocycles. The molecule has 1 aromatic heterocycles. The highest BCUT2D eigenvalue weighted by molar-refractivity contribution is 7.89. The van der Waals surface area contributed by atoms with Gasteiger partial charge in [-0.25, -0.2) is 13.1 Å². The van der Waals surface area contributed by atoms with Crippen LogP contribution in [-0.4, -0.2) is 47.0 Å². The smallest absolute Gasteiger partial charge is 0.305 e. The van der Waals surface area contributed by atoms with Crippen LogP contribution >= 0.6 is 0 Å². The van der Waals surface area contributed by atoms with E-state index >= 15 is 0 Å². The number of aliphatic carboxylic acids is 1. The van der Waals surface area contributed by atoms with Gasteiger partial charge in [-0.1, -0.05) is 0 Å². The number of carboxylic acid groups (broad SMARTS) is 1. The minimum Gasteiger partial charge on any atom is -0.481 e. The van der Waals surface area contributed by atoms with Gasteiger partial charge in [0.05, 0.1) is 30.5 Å². The molecule has 0 fully saturated rings. The van der Waals surface area contributed by atoms with Gasteiger partial charge < -0.3 is 10.2 Å². The highest BCUT2D eigenvalue weighted by Gasteiger charge is 2.24. The third-order valence-electron chi connectivity index (χ3n) is 2.98.